The molecule has 1 saturated heterocycles. The third-order valence-corrected chi connectivity index (χ3v) is 5.27. The highest BCUT2D eigenvalue weighted by Crippen LogP contribution is 2.34. The first-order valence-electron chi connectivity index (χ1n) is 9.17. The molecular weight excluding hydrogens is 332 g/mol. The normalized spacial score (nSPS) is 20.2. The second-order valence-corrected chi connectivity index (χ2v) is 7.24. The van der Waals surface area contributed by atoms with Gasteiger partial charge in [0.2, 0.25) is 5.91 Å². The Hall–Kier alpha value is -2.41. The molecule has 140 valence electrons. The molecule has 4 amide bonds. The highest BCUT2D eigenvalue weighted by molar-refractivity contribution is 6.07. The molecule has 1 saturated carbocycles. The van der Waals surface area contributed by atoms with Crippen LogP contribution in [0.3, 0.4) is 0 Å². The average Bonchev–Trinajstić information content (AvgIpc) is 2.85. The van der Waals surface area contributed by atoms with Crippen LogP contribution in [0.2, 0.25) is 0 Å². The van der Waals surface area contributed by atoms with Crippen LogP contribution < -0.4 is 16.4 Å². The molecule has 7 heteroatoms. The van der Waals surface area contributed by atoms with Crippen LogP contribution in [0.25, 0.3) is 0 Å². The number of benzene rings is 1. The molecule has 1 aliphatic carbocycles. The van der Waals surface area contributed by atoms with Gasteiger partial charge in [-0.2, -0.15) is 0 Å². The fourth-order valence-corrected chi connectivity index (χ4v) is 3.71. The van der Waals surface area contributed by atoms with Gasteiger partial charge >= 0.3 is 6.03 Å². The first kappa shape index (κ1) is 18.4. The van der Waals surface area contributed by atoms with E-state index in [1.807, 2.05) is 24.3 Å². The fraction of sp³-hybridized carbons (Fsp3) is 0.526. The van der Waals surface area contributed by atoms with Gasteiger partial charge in [-0.3, -0.25) is 14.5 Å². The molecule has 2 aliphatic rings. The third-order valence-electron chi connectivity index (χ3n) is 5.27. The van der Waals surface area contributed by atoms with Gasteiger partial charge in [0, 0.05) is 6.54 Å². The summed E-state index contributed by atoms with van der Waals surface area (Å²) in [5.41, 5.74) is 6.56. The number of hydrogen-bond donors (Lipinski definition) is 3. The molecule has 2 fully saturated rings. The predicted octanol–water partition coefficient (Wildman–Crippen LogP) is 1.40. The standard InChI is InChI=1S/C19H26N4O3/c1-13(20)16(24)21-11-14-7-3-4-8-15(14)12-23-17(25)19(22-18(23)26)9-5-2-6-10-19/h3-4,7-8,13H,2,5-6,9-12,20H2,1H3,(H,21,24)(H,22,26)/t13-/m1/s1. The van der Waals surface area contributed by atoms with E-state index in [-0.39, 0.29) is 24.4 Å². The maximum atomic E-state index is 12.9. The van der Waals surface area contributed by atoms with E-state index < -0.39 is 11.6 Å². The molecular formula is C19H26N4O3. The van der Waals surface area contributed by atoms with Gasteiger partial charge in [0.15, 0.2) is 0 Å². The van der Waals surface area contributed by atoms with Crippen molar-refractivity contribution in [3.63, 3.8) is 0 Å². The highest BCUT2D eigenvalue weighted by atomic mass is 16.2. The van der Waals surface area contributed by atoms with Crippen molar-refractivity contribution in [2.45, 2.75) is 63.7 Å². The first-order valence-corrected chi connectivity index (χ1v) is 9.17. The van der Waals surface area contributed by atoms with Gasteiger partial charge in [-0.25, -0.2) is 4.79 Å². The van der Waals surface area contributed by atoms with Crippen LogP contribution in [-0.2, 0) is 22.7 Å². The Bertz CT molecular complexity index is 710. The van der Waals surface area contributed by atoms with E-state index in [1.165, 1.54) is 4.90 Å². The van der Waals surface area contributed by atoms with Crippen molar-refractivity contribution in [2.24, 2.45) is 5.73 Å². The van der Waals surface area contributed by atoms with Crippen LogP contribution in [0.5, 0.6) is 0 Å². The van der Waals surface area contributed by atoms with Gasteiger partial charge in [0.1, 0.15) is 5.54 Å². The van der Waals surface area contributed by atoms with Crippen molar-refractivity contribution in [3.05, 3.63) is 35.4 Å². The smallest absolute Gasteiger partial charge is 0.325 e. The van der Waals surface area contributed by atoms with E-state index in [1.54, 1.807) is 6.92 Å². The summed E-state index contributed by atoms with van der Waals surface area (Å²) in [7, 11) is 0. The molecule has 1 spiro atoms. The van der Waals surface area contributed by atoms with Crippen molar-refractivity contribution in [2.75, 3.05) is 0 Å². The lowest BCUT2D eigenvalue weighted by Crippen LogP contribution is -2.48. The number of nitrogens with zero attached hydrogens (tertiary/aromatic N) is 1. The minimum Gasteiger partial charge on any atom is -0.351 e. The van der Waals surface area contributed by atoms with Gasteiger partial charge in [0.25, 0.3) is 5.91 Å². The van der Waals surface area contributed by atoms with Gasteiger partial charge in [-0.05, 0) is 30.9 Å². The number of nitrogens with one attached hydrogen (secondary N) is 2. The third kappa shape index (κ3) is 3.58. The number of rotatable bonds is 5. The maximum absolute atomic E-state index is 12.9. The topological polar surface area (TPSA) is 105 Å². The van der Waals surface area contributed by atoms with E-state index in [2.05, 4.69) is 10.6 Å². The van der Waals surface area contributed by atoms with Crippen molar-refractivity contribution >= 4 is 17.8 Å². The Morgan fingerprint density at radius 2 is 1.88 bits per heavy atom. The Morgan fingerprint density at radius 1 is 1.23 bits per heavy atom. The lowest BCUT2D eigenvalue weighted by atomic mass is 9.81. The molecule has 0 unspecified atom stereocenters. The number of carbonyl (C=O) groups is 3. The minimum absolute atomic E-state index is 0.128. The maximum Gasteiger partial charge on any atom is 0.325 e. The first-order chi connectivity index (χ1) is 12.4. The van der Waals surface area contributed by atoms with Crippen molar-refractivity contribution in [1.29, 1.82) is 0 Å². The van der Waals surface area contributed by atoms with Crippen LogP contribution in [-0.4, -0.2) is 34.3 Å². The van der Waals surface area contributed by atoms with E-state index in [9.17, 15) is 14.4 Å². The predicted molar refractivity (Wildman–Crippen MR) is 96.8 cm³/mol. The number of imide groups is 1. The zero-order valence-corrected chi connectivity index (χ0v) is 15.1. The summed E-state index contributed by atoms with van der Waals surface area (Å²) >= 11 is 0. The Kier molecular flexibility index (Phi) is 5.27. The molecule has 4 N–H and O–H groups in total. The molecule has 0 bridgehead atoms. The minimum atomic E-state index is -0.715. The van der Waals surface area contributed by atoms with Crippen LogP contribution in [0.1, 0.15) is 50.2 Å². The molecule has 1 heterocycles. The monoisotopic (exact) mass is 358 g/mol. The molecule has 1 aromatic rings. The number of nitrogens with two attached hydrogens (primary N) is 1. The molecule has 1 aliphatic heterocycles. The summed E-state index contributed by atoms with van der Waals surface area (Å²) in [4.78, 5) is 38.4. The number of urea groups is 1. The second kappa shape index (κ2) is 7.45. The van der Waals surface area contributed by atoms with Crippen LogP contribution >= 0.6 is 0 Å². The lowest BCUT2D eigenvalue weighted by molar-refractivity contribution is -0.132. The van der Waals surface area contributed by atoms with E-state index in [0.717, 1.165) is 30.4 Å². The number of hydrogen-bond acceptors (Lipinski definition) is 4. The zero-order valence-electron chi connectivity index (χ0n) is 15.1. The van der Waals surface area contributed by atoms with Gasteiger partial charge in [0.05, 0.1) is 12.6 Å². The van der Waals surface area contributed by atoms with E-state index in [0.29, 0.717) is 19.4 Å². The van der Waals surface area contributed by atoms with Crippen LogP contribution in [0, 0.1) is 0 Å². The second-order valence-electron chi connectivity index (χ2n) is 7.24. The van der Waals surface area contributed by atoms with Crippen molar-refractivity contribution in [1.82, 2.24) is 15.5 Å². The Balaban J connectivity index is 1.73. The zero-order chi connectivity index (χ0) is 18.7. The van der Waals surface area contributed by atoms with E-state index in [4.69, 9.17) is 5.73 Å². The number of amides is 4. The molecule has 26 heavy (non-hydrogen) atoms. The quantitative estimate of drug-likeness (QED) is 0.692. The lowest BCUT2D eigenvalue weighted by Gasteiger charge is -2.30. The van der Waals surface area contributed by atoms with Crippen LogP contribution in [0.15, 0.2) is 24.3 Å². The highest BCUT2D eigenvalue weighted by Gasteiger charge is 2.51. The van der Waals surface area contributed by atoms with Gasteiger partial charge in [-0.1, -0.05) is 43.5 Å². The Labute approximate surface area is 153 Å². The van der Waals surface area contributed by atoms with Crippen molar-refractivity contribution < 1.29 is 14.4 Å². The SMILES string of the molecule is C[C@@H](N)C(=O)NCc1ccccc1CN1C(=O)NC2(CCCCC2)C1=O. The molecule has 3 rings (SSSR count). The summed E-state index contributed by atoms with van der Waals surface area (Å²) in [5.74, 6) is -0.368. The van der Waals surface area contributed by atoms with Crippen molar-refractivity contribution in [3.8, 4) is 0 Å². The largest absolute Gasteiger partial charge is 0.351 e. The number of carbonyl (C=O) groups excluding carboxylic acids is 3. The summed E-state index contributed by atoms with van der Waals surface area (Å²) in [6, 6.07) is 6.57. The summed E-state index contributed by atoms with van der Waals surface area (Å²) < 4.78 is 0. The fourth-order valence-electron chi connectivity index (χ4n) is 3.71. The summed E-state index contributed by atoms with van der Waals surface area (Å²) in [6.07, 6.45) is 4.44. The Morgan fingerprint density at radius 3 is 2.54 bits per heavy atom. The summed E-state index contributed by atoms with van der Waals surface area (Å²) in [5, 5.41) is 5.70. The molecule has 1 aromatic carbocycles. The van der Waals surface area contributed by atoms with Gasteiger partial charge < -0.3 is 16.4 Å². The molecule has 7 nitrogen and oxygen atoms in total. The average molecular weight is 358 g/mol. The molecule has 1 atom stereocenters. The molecule has 0 aromatic heterocycles. The molecule has 0 radical (unpaired) electrons. The summed E-state index contributed by atoms with van der Waals surface area (Å²) in [6.45, 7) is 2.14. The van der Waals surface area contributed by atoms with E-state index >= 15 is 0 Å². The van der Waals surface area contributed by atoms with Gasteiger partial charge in [-0.15, -0.1) is 0 Å². The van der Waals surface area contributed by atoms with Crippen LogP contribution in [0.4, 0.5) is 4.79 Å².